The van der Waals surface area contributed by atoms with Crippen molar-refractivity contribution in [1.29, 1.82) is 0 Å². The molecule has 1 aliphatic heterocycles. The number of benzene rings is 1. The topological polar surface area (TPSA) is 80.8 Å². The van der Waals surface area contributed by atoms with E-state index in [1.165, 1.54) is 18.3 Å². The lowest BCUT2D eigenvalue weighted by molar-refractivity contribution is 0.123. The van der Waals surface area contributed by atoms with E-state index < -0.39 is 10.0 Å². The van der Waals surface area contributed by atoms with Crippen molar-refractivity contribution in [2.75, 3.05) is 42.5 Å². The van der Waals surface area contributed by atoms with Crippen LogP contribution in [0.1, 0.15) is 6.92 Å². The van der Waals surface area contributed by atoms with E-state index in [0.29, 0.717) is 44.3 Å². The predicted molar refractivity (Wildman–Crippen MR) is 95.7 cm³/mol. The molecule has 1 saturated heterocycles. The van der Waals surface area contributed by atoms with Gasteiger partial charge in [0.05, 0.1) is 42.3 Å². The molecular weight excluding hydrogens is 342 g/mol. The van der Waals surface area contributed by atoms with E-state index in [1.807, 2.05) is 6.92 Å². The van der Waals surface area contributed by atoms with Crippen molar-refractivity contribution in [1.82, 2.24) is 4.98 Å². The number of morpholine rings is 1. The van der Waals surface area contributed by atoms with E-state index in [9.17, 15) is 8.42 Å². The Morgan fingerprint density at radius 3 is 2.60 bits per heavy atom. The summed E-state index contributed by atoms with van der Waals surface area (Å²) >= 11 is 0. The normalized spacial score (nSPS) is 15.0. The summed E-state index contributed by atoms with van der Waals surface area (Å²) in [5.41, 5.74) is 1.26. The van der Waals surface area contributed by atoms with E-state index in [2.05, 4.69) is 14.6 Å². The smallest absolute Gasteiger partial charge is 0.262 e. The molecule has 0 spiro atoms. The molecule has 1 aromatic heterocycles. The van der Waals surface area contributed by atoms with Crippen LogP contribution in [0.4, 0.5) is 11.4 Å². The molecule has 0 atom stereocenters. The third-order valence-corrected chi connectivity index (χ3v) is 5.22. The van der Waals surface area contributed by atoms with Crippen molar-refractivity contribution >= 4 is 21.4 Å². The zero-order valence-electron chi connectivity index (χ0n) is 14.0. The van der Waals surface area contributed by atoms with Gasteiger partial charge in [-0.1, -0.05) is 0 Å². The summed E-state index contributed by atoms with van der Waals surface area (Å²) in [6.07, 6.45) is 3.18. The molecule has 0 unspecified atom stereocenters. The van der Waals surface area contributed by atoms with E-state index in [0.717, 1.165) is 5.69 Å². The number of anilines is 2. The SMILES string of the molecule is CCOc1ccc(S(=O)(=O)Nc2cnccc2N2CCOCC2)cc1. The Labute approximate surface area is 147 Å². The number of ether oxygens (including phenoxy) is 2. The van der Waals surface area contributed by atoms with Gasteiger partial charge in [0.25, 0.3) is 10.0 Å². The minimum atomic E-state index is -3.71. The summed E-state index contributed by atoms with van der Waals surface area (Å²) in [5.74, 6) is 0.636. The first kappa shape index (κ1) is 17.5. The van der Waals surface area contributed by atoms with Crippen LogP contribution in [0.3, 0.4) is 0 Å². The fraction of sp³-hybridized carbons (Fsp3) is 0.353. The molecule has 2 heterocycles. The Morgan fingerprint density at radius 2 is 1.92 bits per heavy atom. The maximum Gasteiger partial charge on any atom is 0.262 e. The van der Waals surface area contributed by atoms with Crippen LogP contribution in [0.15, 0.2) is 47.6 Å². The van der Waals surface area contributed by atoms with Gasteiger partial charge in [-0.25, -0.2) is 8.42 Å². The zero-order valence-corrected chi connectivity index (χ0v) is 14.8. The van der Waals surface area contributed by atoms with Gasteiger partial charge in [0.2, 0.25) is 0 Å². The van der Waals surface area contributed by atoms with Gasteiger partial charge in [0.15, 0.2) is 0 Å². The number of hydrogen-bond donors (Lipinski definition) is 1. The molecule has 0 amide bonds. The lowest BCUT2D eigenvalue weighted by Gasteiger charge is -2.30. The van der Waals surface area contributed by atoms with Gasteiger partial charge in [-0.3, -0.25) is 9.71 Å². The number of sulfonamides is 1. The van der Waals surface area contributed by atoms with Crippen molar-refractivity contribution in [3.63, 3.8) is 0 Å². The second-order valence-electron chi connectivity index (χ2n) is 5.50. The Hall–Kier alpha value is -2.32. The second-order valence-corrected chi connectivity index (χ2v) is 7.18. The van der Waals surface area contributed by atoms with E-state index >= 15 is 0 Å². The molecule has 8 heteroatoms. The molecule has 0 bridgehead atoms. The van der Waals surface area contributed by atoms with Gasteiger partial charge < -0.3 is 14.4 Å². The van der Waals surface area contributed by atoms with E-state index in [-0.39, 0.29) is 4.90 Å². The molecule has 1 aromatic carbocycles. The molecule has 25 heavy (non-hydrogen) atoms. The Balaban J connectivity index is 1.83. The molecule has 3 rings (SSSR count). The zero-order chi connectivity index (χ0) is 17.7. The molecule has 1 fully saturated rings. The first-order valence-electron chi connectivity index (χ1n) is 8.12. The quantitative estimate of drug-likeness (QED) is 0.847. The van der Waals surface area contributed by atoms with E-state index in [4.69, 9.17) is 9.47 Å². The first-order valence-corrected chi connectivity index (χ1v) is 9.61. The summed E-state index contributed by atoms with van der Waals surface area (Å²) in [6.45, 7) is 5.06. The van der Waals surface area contributed by atoms with Gasteiger partial charge in [0, 0.05) is 19.3 Å². The molecule has 1 N–H and O–H groups in total. The summed E-state index contributed by atoms with van der Waals surface area (Å²) in [4.78, 5) is 6.31. The molecular formula is C17H21N3O4S. The summed E-state index contributed by atoms with van der Waals surface area (Å²) in [5, 5.41) is 0. The first-order chi connectivity index (χ1) is 12.1. The lowest BCUT2D eigenvalue weighted by Crippen LogP contribution is -2.36. The standard InChI is InChI=1S/C17H21N3O4S/c1-2-24-14-3-5-15(6-4-14)25(21,22)19-16-13-18-8-7-17(16)20-9-11-23-12-10-20/h3-8,13,19H,2,9-12H2,1H3. The van der Waals surface area contributed by atoms with Crippen molar-refractivity contribution in [3.8, 4) is 5.75 Å². The molecule has 134 valence electrons. The Morgan fingerprint density at radius 1 is 1.20 bits per heavy atom. The van der Waals surface area contributed by atoms with Crippen LogP contribution < -0.4 is 14.4 Å². The third-order valence-electron chi connectivity index (χ3n) is 3.84. The Kier molecular flexibility index (Phi) is 5.40. The van der Waals surface area contributed by atoms with Crippen molar-refractivity contribution < 1.29 is 17.9 Å². The van der Waals surface area contributed by atoms with Crippen LogP contribution in [-0.2, 0) is 14.8 Å². The van der Waals surface area contributed by atoms with Crippen LogP contribution in [0.25, 0.3) is 0 Å². The number of hydrogen-bond acceptors (Lipinski definition) is 6. The number of nitrogens with zero attached hydrogens (tertiary/aromatic N) is 2. The maximum atomic E-state index is 12.7. The highest BCUT2D eigenvalue weighted by atomic mass is 32.2. The summed E-state index contributed by atoms with van der Waals surface area (Å²) in [7, 11) is -3.71. The highest BCUT2D eigenvalue weighted by Gasteiger charge is 2.20. The minimum absolute atomic E-state index is 0.174. The summed E-state index contributed by atoms with van der Waals surface area (Å²) < 4.78 is 38.7. The van der Waals surface area contributed by atoms with Gasteiger partial charge in [-0.15, -0.1) is 0 Å². The molecule has 7 nitrogen and oxygen atoms in total. The highest BCUT2D eigenvalue weighted by molar-refractivity contribution is 7.92. The predicted octanol–water partition coefficient (Wildman–Crippen LogP) is 2.12. The molecule has 2 aromatic rings. The van der Waals surface area contributed by atoms with Crippen LogP contribution in [0.5, 0.6) is 5.75 Å². The van der Waals surface area contributed by atoms with Crippen molar-refractivity contribution in [2.24, 2.45) is 0 Å². The monoisotopic (exact) mass is 363 g/mol. The average molecular weight is 363 g/mol. The highest BCUT2D eigenvalue weighted by Crippen LogP contribution is 2.28. The van der Waals surface area contributed by atoms with Gasteiger partial charge in [-0.05, 0) is 37.3 Å². The summed E-state index contributed by atoms with van der Waals surface area (Å²) in [6, 6.07) is 8.14. The fourth-order valence-corrected chi connectivity index (χ4v) is 3.69. The van der Waals surface area contributed by atoms with Crippen LogP contribution in [0.2, 0.25) is 0 Å². The van der Waals surface area contributed by atoms with E-state index in [1.54, 1.807) is 24.4 Å². The Bertz CT molecular complexity index is 803. The van der Waals surface area contributed by atoms with Crippen LogP contribution >= 0.6 is 0 Å². The third kappa shape index (κ3) is 4.21. The number of aromatic nitrogens is 1. The molecule has 0 radical (unpaired) electrons. The van der Waals surface area contributed by atoms with Gasteiger partial charge in [0.1, 0.15) is 5.75 Å². The van der Waals surface area contributed by atoms with Crippen molar-refractivity contribution in [3.05, 3.63) is 42.7 Å². The van der Waals surface area contributed by atoms with Crippen LogP contribution in [0, 0.1) is 0 Å². The minimum Gasteiger partial charge on any atom is -0.494 e. The fourth-order valence-electron chi connectivity index (χ4n) is 2.63. The number of rotatable bonds is 6. The van der Waals surface area contributed by atoms with Gasteiger partial charge in [-0.2, -0.15) is 0 Å². The largest absolute Gasteiger partial charge is 0.494 e. The second kappa shape index (κ2) is 7.71. The number of nitrogens with one attached hydrogen (secondary N) is 1. The maximum absolute atomic E-state index is 12.7. The number of pyridine rings is 1. The average Bonchev–Trinajstić information content (AvgIpc) is 2.63. The molecule has 1 aliphatic rings. The van der Waals surface area contributed by atoms with Crippen molar-refractivity contribution in [2.45, 2.75) is 11.8 Å². The van der Waals surface area contributed by atoms with Crippen LogP contribution in [-0.4, -0.2) is 46.3 Å². The molecule has 0 aliphatic carbocycles. The lowest BCUT2D eigenvalue weighted by atomic mass is 10.3. The molecule has 0 saturated carbocycles. The van der Waals surface area contributed by atoms with Gasteiger partial charge >= 0.3 is 0 Å².